The summed E-state index contributed by atoms with van der Waals surface area (Å²) in [5, 5.41) is 0. The van der Waals surface area contributed by atoms with Crippen molar-refractivity contribution < 1.29 is 0 Å². The summed E-state index contributed by atoms with van der Waals surface area (Å²) in [5.41, 5.74) is 5.13. The van der Waals surface area contributed by atoms with Crippen LogP contribution in [0.15, 0.2) is 48.5 Å². The van der Waals surface area contributed by atoms with Crippen LogP contribution in [-0.4, -0.2) is 0 Å². The molecule has 2 aromatic carbocycles. The second kappa shape index (κ2) is 9.00. The lowest BCUT2D eigenvalue weighted by Crippen LogP contribution is -2.30. The predicted octanol–water partition coefficient (Wildman–Crippen LogP) is 7.36. The molecule has 4 atom stereocenters. The molecule has 2 aliphatic rings. The third kappa shape index (κ3) is 4.52. The number of aryl methyl sites for hydroxylation is 1. The average Bonchev–Trinajstić information content (AvgIpc) is 2.77. The molecule has 28 heavy (non-hydrogen) atoms. The summed E-state index contributed by atoms with van der Waals surface area (Å²) in [7, 11) is 0. The molecule has 0 spiro atoms. The minimum Gasteiger partial charge on any atom is -0.0651 e. The largest absolute Gasteiger partial charge is 0.0651 e. The molecular weight excluding hydrogens is 336 g/mol. The van der Waals surface area contributed by atoms with Crippen LogP contribution in [0.3, 0.4) is 0 Å². The van der Waals surface area contributed by atoms with Gasteiger partial charge in [-0.25, -0.2) is 0 Å². The van der Waals surface area contributed by atoms with Crippen molar-refractivity contribution in [2.45, 2.75) is 71.1 Å². The molecule has 4 rings (SSSR count). The topological polar surface area (TPSA) is 0 Å². The number of rotatable bonds is 3. The van der Waals surface area contributed by atoms with Crippen LogP contribution in [-0.2, 0) is 6.42 Å². The smallest absolute Gasteiger partial charge is 0.0249 e. The molecule has 2 aliphatic carbocycles. The molecule has 1 unspecified atom stereocenters. The zero-order valence-electron chi connectivity index (χ0n) is 17.6. The molecule has 146 valence electrons. The molecule has 2 saturated carbocycles. The Labute approximate surface area is 171 Å². The van der Waals surface area contributed by atoms with Crippen LogP contribution in [0.25, 0.3) is 0 Å². The van der Waals surface area contributed by atoms with Crippen molar-refractivity contribution in [2.75, 3.05) is 0 Å². The molecule has 0 amide bonds. The van der Waals surface area contributed by atoms with E-state index in [-0.39, 0.29) is 0 Å². The van der Waals surface area contributed by atoms with Gasteiger partial charge in [-0.15, -0.1) is 0 Å². The van der Waals surface area contributed by atoms with Gasteiger partial charge in [0, 0.05) is 11.1 Å². The van der Waals surface area contributed by atoms with Crippen LogP contribution < -0.4 is 0 Å². The summed E-state index contributed by atoms with van der Waals surface area (Å²) in [6.45, 7) is 4.56. The molecule has 0 saturated heterocycles. The summed E-state index contributed by atoms with van der Waals surface area (Å²) >= 11 is 0. The van der Waals surface area contributed by atoms with Gasteiger partial charge in [-0.3, -0.25) is 0 Å². The van der Waals surface area contributed by atoms with Gasteiger partial charge in [0.15, 0.2) is 0 Å². The third-order valence-corrected chi connectivity index (χ3v) is 7.39. The number of fused-ring (bicyclic) bond motifs is 1. The Balaban J connectivity index is 1.38. The standard InChI is InChI=1S/C28H34/c1-3-21-5-7-23(8-6-21)9-10-24-12-14-25(15-13-24)27-18-17-26-19-22(4-2)11-16-28(26)20-27/h5-8,12-15,22,26-28H,3-4,11,16-20H2,1-2H3/t22?,26-,27-,28-/m1/s1. The van der Waals surface area contributed by atoms with Crippen LogP contribution in [0, 0.1) is 29.6 Å². The Morgan fingerprint density at radius 1 is 0.714 bits per heavy atom. The Morgan fingerprint density at radius 3 is 1.96 bits per heavy atom. The maximum absolute atomic E-state index is 3.34. The minimum absolute atomic E-state index is 0.767. The highest BCUT2D eigenvalue weighted by Crippen LogP contribution is 2.48. The zero-order chi connectivity index (χ0) is 19.3. The second-order valence-electron chi connectivity index (χ2n) is 9.04. The molecule has 0 heteroatoms. The van der Waals surface area contributed by atoms with Gasteiger partial charge in [-0.1, -0.05) is 62.8 Å². The van der Waals surface area contributed by atoms with E-state index in [1.54, 1.807) is 0 Å². The van der Waals surface area contributed by atoms with E-state index in [1.807, 2.05) is 0 Å². The summed E-state index contributed by atoms with van der Waals surface area (Å²) in [5.74, 6) is 10.4. The quantitative estimate of drug-likeness (QED) is 0.495. The van der Waals surface area contributed by atoms with Crippen molar-refractivity contribution in [1.29, 1.82) is 0 Å². The molecular formula is C28H34. The van der Waals surface area contributed by atoms with Gasteiger partial charge in [-0.2, -0.15) is 0 Å². The maximum Gasteiger partial charge on any atom is 0.0249 e. The van der Waals surface area contributed by atoms with E-state index >= 15 is 0 Å². The van der Waals surface area contributed by atoms with E-state index in [1.165, 1.54) is 56.1 Å². The van der Waals surface area contributed by atoms with Crippen LogP contribution in [0.1, 0.15) is 87.0 Å². The molecule has 0 bridgehead atoms. The summed E-state index contributed by atoms with van der Waals surface area (Å²) in [6.07, 6.45) is 11.2. The molecule has 0 heterocycles. The first-order chi connectivity index (χ1) is 13.7. The maximum atomic E-state index is 3.34. The van der Waals surface area contributed by atoms with E-state index in [9.17, 15) is 0 Å². The van der Waals surface area contributed by atoms with Gasteiger partial charge in [0.1, 0.15) is 0 Å². The van der Waals surface area contributed by atoms with Gasteiger partial charge >= 0.3 is 0 Å². The van der Waals surface area contributed by atoms with Crippen molar-refractivity contribution in [3.63, 3.8) is 0 Å². The first-order valence-electron chi connectivity index (χ1n) is 11.5. The minimum atomic E-state index is 0.767. The second-order valence-corrected chi connectivity index (χ2v) is 9.04. The number of benzene rings is 2. The van der Waals surface area contributed by atoms with E-state index in [0.717, 1.165) is 41.2 Å². The van der Waals surface area contributed by atoms with Crippen molar-refractivity contribution in [3.05, 3.63) is 70.8 Å². The summed E-state index contributed by atoms with van der Waals surface area (Å²) < 4.78 is 0. The molecule has 2 fully saturated rings. The van der Waals surface area contributed by atoms with E-state index in [0.29, 0.717) is 0 Å². The molecule has 0 aliphatic heterocycles. The Bertz CT molecular complexity index is 815. The fourth-order valence-corrected chi connectivity index (χ4v) is 5.47. The monoisotopic (exact) mass is 370 g/mol. The van der Waals surface area contributed by atoms with Gasteiger partial charge in [0.2, 0.25) is 0 Å². The van der Waals surface area contributed by atoms with Crippen molar-refractivity contribution >= 4 is 0 Å². The number of hydrogen-bond donors (Lipinski definition) is 0. The zero-order valence-corrected chi connectivity index (χ0v) is 17.6. The lowest BCUT2D eigenvalue weighted by Gasteiger charge is -2.42. The van der Waals surface area contributed by atoms with Gasteiger partial charge in [-0.05, 0) is 97.6 Å². The van der Waals surface area contributed by atoms with E-state index in [2.05, 4.69) is 74.2 Å². The molecule has 0 N–H and O–H groups in total. The van der Waals surface area contributed by atoms with Crippen molar-refractivity contribution in [1.82, 2.24) is 0 Å². The highest BCUT2D eigenvalue weighted by atomic mass is 14.4. The van der Waals surface area contributed by atoms with Crippen molar-refractivity contribution in [2.24, 2.45) is 17.8 Å². The lowest BCUT2D eigenvalue weighted by atomic mass is 9.63. The molecule has 2 aromatic rings. The average molecular weight is 371 g/mol. The van der Waals surface area contributed by atoms with E-state index in [4.69, 9.17) is 0 Å². The van der Waals surface area contributed by atoms with Gasteiger partial charge in [0.25, 0.3) is 0 Å². The molecule has 0 nitrogen and oxygen atoms in total. The highest BCUT2D eigenvalue weighted by molar-refractivity contribution is 5.44. The van der Waals surface area contributed by atoms with Crippen LogP contribution in [0.5, 0.6) is 0 Å². The van der Waals surface area contributed by atoms with Crippen molar-refractivity contribution in [3.8, 4) is 11.8 Å². The van der Waals surface area contributed by atoms with E-state index < -0.39 is 0 Å². The lowest BCUT2D eigenvalue weighted by molar-refractivity contribution is 0.116. The SMILES string of the molecule is CCc1ccc(C#Cc2ccc([C@@H]3CC[C@@H]4CC(CC)CC[C@@H]4C3)cc2)cc1. The fraction of sp³-hybridized carbons (Fsp3) is 0.500. The fourth-order valence-electron chi connectivity index (χ4n) is 5.47. The highest BCUT2D eigenvalue weighted by Gasteiger charge is 2.35. The molecule has 0 aromatic heterocycles. The first kappa shape index (κ1) is 19.3. The number of hydrogen-bond acceptors (Lipinski definition) is 0. The summed E-state index contributed by atoms with van der Waals surface area (Å²) in [4.78, 5) is 0. The van der Waals surface area contributed by atoms with Crippen LogP contribution in [0.2, 0.25) is 0 Å². The Morgan fingerprint density at radius 2 is 1.32 bits per heavy atom. The Kier molecular flexibility index (Phi) is 6.21. The predicted molar refractivity (Wildman–Crippen MR) is 119 cm³/mol. The van der Waals surface area contributed by atoms with Gasteiger partial charge in [0.05, 0.1) is 0 Å². The normalized spacial score (nSPS) is 26.8. The Hall–Kier alpha value is -2.00. The van der Waals surface area contributed by atoms with Gasteiger partial charge < -0.3 is 0 Å². The summed E-state index contributed by atoms with van der Waals surface area (Å²) in [6, 6.07) is 17.7. The van der Waals surface area contributed by atoms with Crippen LogP contribution in [0.4, 0.5) is 0 Å². The molecule has 0 radical (unpaired) electrons. The first-order valence-corrected chi connectivity index (χ1v) is 11.5. The third-order valence-electron chi connectivity index (χ3n) is 7.39. The van der Waals surface area contributed by atoms with Crippen LogP contribution >= 0.6 is 0 Å².